The summed E-state index contributed by atoms with van der Waals surface area (Å²) >= 11 is 7.26. The molecule has 8 heteroatoms. The van der Waals surface area contributed by atoms with Gasteiger partial charge in [-0.2, -0.15) is 0 Å². The highest BCUT2D eigenvalue weighted by molar-refractivity contribution is 7.15. The molecule has 0 unspecified atom stereocenters. The maximum Gasteiger partial charge on any atom is 0.250 e. The minimum atomic E-state index is -0.272. The zero-order chi connectivity index (χ0) is 20.6. The Labute approximate surface area is 178 Å². The summed E-state index contributed by atoms with van der Waals surface area (Å²) in [5.41, 5.74) is 1.81. The highest BCUT2D eigenvalue weighted by atomic mass is 35.5. The maximum absolute atomic E-state index is 12.1. The average Bonchev–Trinajstić information content (AvgIpc) is 3.19. The number of carbonyl (C=O) groups is 1. The van der Waals surface area contributed by atoms with Crippen LogP contribution in [-0.4, -0.2) is 23.2 Å². The molecule has 0 saturated carbocycles. The Kier molecular flexibility index (Phi) is 7.21. The first kappa shape index (κ1) is 20.8. The second kappa shape index (κ2) is 10.0. The highest BCUT2D eigenvalue weighted by Gasteiger charge is 2.07. The van der Waals surface area contributed by atoms with Crippen molar-refractivity contribution >= 4 is 40.1 Å². The van der Waals surface area contributed by atoms with Gasteiger partial charge in [-0.15, -0.1) is 10.2 Å². The summed E-state index contributed by atoms with van der Waals surface area (Å²) in [5.74, 6) is 0.925. The summed E-state index contributed by atoms with van der Waals surface area (Å²) in [6, 6.07) is 12.9. The van der Waals surface area contributed by atoms with E-state index in [4.69, 9.17) is 21.1 Å². The van der Waals surface area contributed by atoms with E-state index in [9.17, 15) is 4.79 Å². The van der Waals surface area contributed by atoms with E-state index >= 15 is 0 Å². The van der Waals surface area contributed by atoms with E-state index in [1.165, 1.54) is 17.4 Å². The smallest absolute Gasteiger partial charge is 0.250 e. The summed E-state index contributed by atoms with van der Waals surface area (Å²) in [6.45, 7) is 2.38. The molecule has 1 amide bonds. The van der Waals surface area contributed by atoms with Crippen LogP contribution in [-0.2, 0) is 17.8 Å². The topological polar surface area (TPSA) is 73.3 Å². The molecule has 0 saturated heterocycles. The number of benzene rings is 2. The lowest BCUT2D eigenvalue weighted by Gasteiger charge is -2.11. The predicted molar refractivity (Wildman–Crippen MR) is 116 cm³/mol. The monoisotopic (exact) mass is 429 g/mol. The number of anilines is 1. The van der Waals surface area contributed by atoms with E-state index in [1.54, 1.807) is 19.3 Å². The summed E-state index contributed by atoms with van der Waals surface area (Å²) in [6.07, 6.45) is 3.92. The Balaban J connectivity index is 1.61. The van der Waals surface area contributed by atoms with Gasteiger partial charge in [-0.25, -0.2) is 0 Å². The van der Waals surface area contributed by atoms with Gasteiger partial charge in [0.05, 0.1) is 7.11 Å². The Hall–Kier alpha value is -2.90. The molecule has 0 aliphatic carbocycles. The number of methoxy groups -OCH3 is 1. The third kappa shape index (κ3) is 6.04. The van der Waals surface area contributed by atoms with Gasteiger partial charge < -0.3 is 9.47 Å². The summed E-state index contributed by atoms with van der Waals surface area (Å²) < 4.78 is 11.3. The Morgan fingerprint density at radius 1 is 1.17 bits per heavy atom. The van der Waals surface area contributed by atoms with Crippen LogP contribution in [0.4, 0.5) is 5.13 Å². The number of hydrogen-bond donors (Lipinski definition) is 1. The number of nitrogens with zero attached hydrogens (tertiary/aromatic N) is 2. The van der Waals surface area contributed by atoms with E-state index < -0.39 is 0 Å². The van der Waals surface area contributed by atoms with Crippen LogP contribution in [0.5, 0.6) is 11.5 Å². The Morgan fingerprint density at radius 3 is 2.66 bits per heavy atom. The SMILES string of the molecule is CCc1nnc(NC(=O)/C=C/c2ccc(OCc3ccc(Cl)cc3)c(OC)c2)s1. The van der Waals surface area contributed by atoms with Crippen molar-refractivity contribution in [3.05, 3.63) is 69.7 Å². The van der Waals surface area contributed by atoms with Gasteiger partial charge in [0.2, 0.25) is 11.0 Å². The number of halogens is 1. The van der Waals surface area contributed by atoms with Crippen molar-refractivity contribution in [1.82, 2.24) is 10.2 Å². The van der Waals surface area contributed by atoms with Crippen LogP contribution in [0.15, 0.2) is 48.5 Å². The van der Waals surface area contributed by atoms with Crippen molar-refractivity contribution in [1.29, 1.82) is 0 Å². The fraction of sp³-hybridized carbons (Fsp3) is 0.190. The van der Waals surface area contributed by atoms with E-state index in [-0.39, 0.29) is 5.91 Å². The molecule has 1 N–H and O–H groups in total. The zero-order valence-corrected chi connectivity index (χ0v) is 17.6. The highest BCUT2D eigenvalue weighted by Crippen LogP contribution is 2.29. The second-order valence-electron chi connectivity index (χ2n) is 6.00. The Morgan fingerprint density at radius 2 is 1.97 bits per heavy atom. The van der Waals surface area contributed by atoms with Crippen LogP contribution >= 0.6 is 22.9 Å². The van der Waals surface area contributed by atoms with Gasteiger partial charge in [-0.1, -0.05) is 48.1 Å². The quantitative estimate of drug-likeness (QED) is 0.510. The standard InChI is InChI=1S/C21H20ClN3O3S/c1-3-20-24-25-21(29-20)23-19(26)11-7-14-6-10-17(18(12-14)27-2)28-13-15-4-8-16(22)9-5-15/h4-12H,3,13H2,1-2H3,(H,23,25,26)/b11-7+. The molecule has 0 aliphatic heterocycles. The van der Waals surface area contributed by atoms with Crippen molar-refractivity contribution in [2.24, 2.45) is 0 Å². The van der Waals surface area contributed by atoms with Gasteiger partial charge in [-0.05, 0) is 47.9 Å². The van der Waals surface area contributed by atoms with Gasteiger partial charge in [0.1, 0.15) is 11.6 Å². The van der Waals surface area contributed by atoms with Crippen molar-refractivity contribution in [2.45, 2.75) is 20.0 Å². The number of carbonyl (C=O) groups excluding carboxylic acids is 1. The number of rotatable bonds is 8. The third-order valence-corrected chi connectivity index (χ3v) is 5.16. The van der Waals surface area contributed by atoms with E-state index in [0.29, 0.717) is 28.3 Å². The molecule has 1 aromatic heterocycles. The molecule has 0 bridgehead atoms. The molecule has 0 fully saturated rings. The maximum atomic E-state index is 12.1. The van der Waals surface area contributed by atoms with Crippen LogP contribution in [0, 0.1) is 0 Å². The minimum Gasteiger partial charge on any atom is -0.493 e. The lowest BCUT2D eigenvalue weighted by atomic mass is 10.2. The molecule has 0 radical (unpaired) electrons. The largest absolute Gasteiger partial charge is 0.493 e. The Bertz CT molecular complexity index is 1000. The molecule has 150 valence electrons. The van der Waals surface area contributed by atoms with Crippen LogP contribution < -0.4 is 14.8 Å². The first-order valence-electron chi connectivity index (χ1n) is 8.94. The van der Waals surface area contributed by atoms with Gasteiger partial charge >= 0.3 is 0 Å². The first-order valence-corrected chi connectivity index (χ1v) is 10.1. The fourth-order valence-electron chi connectivity index (χ4n) is 2.41. The number of amides is 1. The first-order chi connectivity index (χ1) is 14.1. The molecule has 29 heavy (non-hydrogen) atoms. The van der Waals surface area contributed by atoms with Gasteiger partial charge in [-0.3, -0.25) is 10.1 Å². The lowest BCUT2D eigenvalue weighted by molar-refractivity contribution is -0.111. The summed E-state index contributed by atoms with van der Waals surface area (Å²) in [7, 11) is 1.57. The van der Waals surface area contributed by atoms with Crippen molar-refractivity contribution in [2.75, 3.05) is 12.4 Å². The van der Waals surface area contributed by atoms with Crippen LogP contribution in [0.2, 0.25) is 5.02 Å². The number of aryl methyl sites for hydroxylation is 1. The zero-order valence-electron chi connectivity index (χ0n) is 16.0. The van der Waals surface area contributed by atoms with E-state index in [1.807, 2.05) is 43.3 Å². The van der Waals surface area contributed by atoms with Gasteiger partial charge in [0, 0.05) is 11.1 Å². The molecule has 3 aromatic rings. The summed E-state index contributed by atoms with van der Waals surface area (Å²) in [4.78, 5) is 12.1. The van der Waals surface area contributed by atoms with Crippen molar-refractivity contribution in [3.63, 3.8) is 0 Å². The number of nitrogens with one attached hydrogen (secondary N) is 1. The second-order valence-corrected chi connectivity index (χ2v) is 7.50. The summed E-state index contributed by atoms with van der Waals surface area (Å²) in [5, 5.41) is 12.7. The fourth-order valence-corrected chi connectivity index (χ4v) is 3.22. The lowest BCUT2D eigenvalue weighted by Crippen LogP contribution is -2.07. The van der Waals surface area contributed by atoms with Crippen LogP contribution in [0.3, 0.4) is 0 Å². The minimum absolute atomic E-state index is 0.272. The molecule has 2 aromatic carbocycles. The van der Waals surface area contributed by atoms with E-state index in [0.717, 1.165) is 22.6 Å². The van der Waals surface area contributed by atoms with E-state index in [2.05, 4.69) is 15.5 Å². The third-order valence-electron chi connectivity index (χ3n) is 3.92. The van der Waals surface area contributed by atoms with Crippen molar-refractivity contribution < 1.29 is 14.3 Å². The molecule has 3 rings (SSSR count). The number of ether oxygens (including phenoxy) is 2. The van der Waals surface area contributed by atoms with Crippen LogP contribution in [0.1, 0.15) is 23.1 Å². The molecular formula is C21H20ClN3O3S. The predicted octanol–water partition coefficient (Wildman–Crippen LogP) is 4.99. The molecule has 6 nitrogen and oxygen atoms in total. The van der Waals surface area contributed by atoms with Crippen LogP contribution in [0.25, 0.3) is 6.08 Å². The van der Waals surface area contributed by atoms with Crippen molar-refractivity contribution in [3.8, 4) is 11.5 Å². The average molecular weight is 430 g/mol. The van der Waals surface area contributed by atoms with Gasteiger partial charge in [0.15, 0.2) is 11.5 Å². The number of aromatic nitrogens is 2. The molecule has 0 spiro atoms. The molecule has 0 atom stereocenters. The van der Waals surface area contributed by atoms with Gasteiger partial charge in [0.25, 0.3) is 0 Å². The molecule has 0 aliphatic rings. The number of hydrogen-bond acceptors (Lipinski definition) is 6. The molecule has 1 heterocycles. The molecular weight excluding hydrogens is 410 g/mol. The normalized spacial score (nSPS) is 10.9.